The van der Waals surface area contributed by atoms with Gasteiger partial charge in [0.25, 0.3) is 5.91 Å². The molecular weight excluding hydrogens is 380 g/mol. The maximum absolute atomic E-state index is 13.1. The molecule has 0 spiro atoms. The quantitative estimate of drug-likeness (QED) is 0.646. The third-order valence-electron chi connectivity index (χ3n) is 5.13. The van der Waals surface area contributed by atoms with Crippen LogP contribution in [0.15, 0.2) is 48.5 Å². The van der Waals surface area contributed by atoms with E-state index in [-0.39, 0.29) is 24.5 Å². The summed E-state index contributed by atoms with van der Waals surface area (Å²) in [5, 5.41) is 2.96. The van der Waals surface area contributed by atoms with Crippen LogP contribution in [0, 0.1) is 6.92 Å². The van der Waals surface area contributed by atoms with E-state index in [1.54, 1.807) is 18.9 Å². The fourth-order valence-corrected chi connectivity index (χ4v) is 2.92. The van der Waals surface area contributed by atoms with Crippen LogP contribution in [0.4, 0.5) is 0 Å². The smallest absolute Gasteiger partial charge is 0.261 e. The molecule has 6 heteroatoms. The summed E-state index contributed by atoms with van der Waals surface area (Å²) < 4.78 is 10.9. The number of nitrogens with zero attached hydrogens (tertiary/aromatic N) is 1. The second-order valence-corrected chi connectivity index (χ2v) is 7.42. The van der Waals surface area contributed by atoms with Crippen molar-refractivity contribution < 1.29 is 19.1 Å². The Labute approximate surface area is 179 Å². The SMILES string of the molecule is CCC(C)NC(=O)C(C)N(Cc1ccc(OC)cc1)C(=O)COc1ccccc1C. The lowest BCUT2D eigenvalue weighted by molar-refractivity contribution is -0.142. The van der Waals surface area contributed by atoms with Gasteiger partial charge in [-0.2, -0.15) is 0 Å². The number of nitrogens with one attached hydrogen (secondary N) is 1. The third-order valence-corrected chi connectivity index (χ3v) is 5.13. The number of methoxy groups -OCH3 is 1. The number of carbonyl (C=O) groups excluding carboxylic acids is 2. The zero-order valence-corrected chi connectivity index (χ0v) is 18.5. The van der Waals surface area contributed by atoms with E-state index in [4.69, 9.17) is 9.47 Å². The van der Waals surface area contributed by atoms with E-state index >= 15 is 0 Å². The molecule has 0 fully saturated rings. The van der Waals surface area contributed by atoms with Gasteiger partial charge in [0.05, 0.1) is 7.11 Å². The highest BCUT2D eigenvalue weighted by Gasteiger charge is 2.27. The zero-order chi connectivity index (χ0) is 22.1. The van der Waals surface area contributed by atoms with Gasteiger partial charge in [-0.15, -0.1) is 0 Å². The van der Waals surface area contributed by atoms with E-state index in [0.29, 0.717) is 12.3 Å². The number of carbonyl (C=O) groups is 2. The molecule has 2 aromatic rings. The number of hydrogen-bond acceptors (Lipinski definition) is 4. The lowest BCUT2D eigenvalue weighted by Crippen LogP contribution is -2.50. The predicted molar refractivity (Wildman–Crippen MR) is 118 cm³/mol. The van der Waals surface area contributed by atoms with Crippen molar-refractivity contribution in [2.24, 2.45) is 0 Å². The van der Waals surface area contributed by atoms with Gasteiger partial charge < -0.3 is 19.7 Å². The first kappa shape index (κ1) is 23.3. The predicted octanol–water partition coefficient (Wildman–Crippen LogP) is 3.71. The van der Waals surface area contributed by atoms with Crippen molar-refractivity contribution in [2.45, 2.75) is 52.7 Å². The van der Waals surface area contributed by atoms with Crippen LogP contribution in [0.3, 0.4) is 0 Å². The molecule has 0 radical (unpaired) electrons. The summed E-state index contributed by atoms with van der Waals surface area (Å²) in [4.78, 5) is 27.3. The number of rotatable bonds is 10. The molecule has 1 N–H and O–H groups in total. The van der Waals surface area contributed by atoms with Crippen molar-refractivity contribution >= 4 is 11.8 Å². The Bertz CT molecular complexity index is 835. The molecule has 0 aromatic heterocycles. The Morgan fingerprint density at radius 1 is 1.07 bits per heavy atom. The van der Waals surface area contributed by atoms with E-state index in [2.05, 4.69) is 5.32 Å². The second-order valence-electron chi connectivity index (χ2n) is 7.42. The van der Waals surface area contributed by atoms with Crippen molar-refractivity contribution in [1.29, 1.82) is 0 Å². The average molecular weight is 413 g/mol. The minimum Gasteiger partial charge on any atom is -0.497 e. The summed E-state index contributed by atoms with van der Waals surface area (Å²) in [5.41, 5.74) is 1.86. The topological polar surface area (TPSA) is 67.9 Å². The number of ether oxygens (including phenoxy) is 2. The maximum Gasteiger partial charge on any atom is 0.261 e. The first-order chi connectivity index (χ1) is 14.3. The largest absolute Gasteiger partial charge is 0.497 e. The van der Waals surface area contributed by atoms with Crippen molar-refractivity contribution in [3.05, 3.63) is 59.7 Å². The van der Waals surface area contributed by atoms with Crippen LogP contribution in [0.1, 0.15) is 38.3 Å². The van der Waals surface area contributed by atoms with Crippen LogP contribution < -0.4 is 14.8 Å². The number of hydrogen-bond donors (Lipinski definition) is 1. The molecule has 2 amide bonds. The summed E-state index contributed by atoms with van der Waals surface area (Å²) in [7, 11) is 1.61. The van der Waals surface area contributed by atoms with Crippen molar-refractivity contribution in [3.8, 4) is 11.5 Å². The number of benzene rings is 2. The van der Waals surface area contributed by atoms with Crippen LogP contribution in [-0.2, 0) is 16.1 Å². The number of aryl methyl sites for hydroxylation is 1. The van der Waals surface area contributed by atoms with E-state index in [1.165, 1.54) is 0 Å². The van der Waals surface area contributed by atoms with Crippen LogP contribution in [0.25, 0.3) is 0 Å². The van der Waals surface area contributed by atoms with E-state index < -0.39 is 6.04 Å². The van der Waals surface area contributed by atoms with E-state index in [1.807, 2.05) is 69.3 Å². The molecule has 0 aliphatic heterocycles. The van der Waals surface area contributed by atoms with E-state index in [9.17, 15) is 9.59 Å². The summed E-state index contributed by atoms with van der Waals surface area (Å²) >= 11 is 0. The first-order valence-electron chi connectivity index (χ1n) is 10.3. The van der Waals surface area contributed by atoms with Gasteiger partial charge in [0.2, 0.25) is 5.91 Å². The molecule has 30 heavy (non-hydrogen) atoms. The van der Waals surface area contributed by atoms with Crippen LogP contribution in [0.5, 0.6) is 11.5 Å². The maximum atomic E-state index is 13.1. The molecule has 162 valence electrons. The van der Waals surface area contributed by atoms with E-state index in [0.717, 1.165) is 23.3 Å². The summed E-state index contributed by atoms with van der Waals surface area (Å²) in [6.07, 6.45) is 0.821. The lowest BCUT2D eigenvalue weighted by Gasteiger charge is -2.29. The Morgan fingerprint density at radius 2 is 1.73 bits per heavy atom. The molecule has 2 unspecified atom stereocenters. The molecule has 0 saturated carbocycles. The number of amides is 2. The van der Waals surface area contributed by atoms with Crippen LogP contribution in [-0.4, -0.2) is 42.5 Å². The molecule has 0 heterocycles. The van der Waals surface area contributed by atoms with Gasteiger partial charge in [-0.1, -0.05) is 37.3 Å². The fourth-order valence-electron chi connectivity index (χ4n) is 2.92. The van der Waals surface area contributed by atoms with Crippen molar-refractivity contribution in [2.75, 3.05) is 13.7 Å². The van der Waals surface area contributed by atoms with Gasteiger partial charge in [-0.3, -0.25) is 9.59 Å². The molecule has 0 bridgehead atoms. The fraction of sp³-hybridized carbons (Fsp3) is 0.417. The zero-order valence-electron chi connectivity index (χ0n) is 18.5. The molecule has 6 nitrogen and oxygen atoms in total. The Morgan fingerprint density at radius 3 is 2.33 bits per heavy atom. The average Bonchev–Trinajstić information content (AvgIpc) is 2.76. The highest BCUT2D eigenvalue weighted by Crippen LogP contribution is 2.18. The van der Waals surface area contributed by atoms with Crippen LogP contribution in [0.2, 0.25) is 0 Å². The summed E-state index contributed by atoms with van der Waals surface area (Å²) in [6, 6.07) is 14.4. The lowest BCUT2D eigenvalue weighted by atomic mass is 10.1. The standard InChI is InChI=1S/C24H32N2O4/c1-6-18(3)25-24(28)19(4)26(15-20-11-13-21(29-5)14-12-20)23(27)16-30-22-10-8-7-9-17(22)2/h7-14,18-19H,6,15-16H2,1-5H3,(H,25,28). The van der Waals surface area contributed by atoms with Gasteiger partial charge in [-0.25, -0.2) is 0 Å². The van der Waals surface area contributed by atoms with Gasteiger partial charge in [-0.05, 0) is 56.5 Å². The molecule has 2 aromatic carbocycles. The normalized spacial score (nSPS) is 12.6. The Kier molecular flexibility index (Phi) is 8.71. The molecule has 2 rings (SSSR count). The second kappa shape index (κ2) is 11.2. The molecule has 0 aliphatic carbocycles. The van der Waals surface area contributed by atoms with Gasteiger partial charge in [0.1, 0.15) is 17.5 Å². The minimum absolute atomic E-state index is 0.0427. The molecule has 0 saturated heterocycles. The Balaban J connectivity index is 2.16. The third kappa shape index (κ3) is 6.51. The number of para-hydroxylation sites is 1. The first-order valence-corrected chi connectivity index (χ1v) is 10.3. The summed E-state index contributed by atoms with van der Waals surface area (Å²) in [6.45, 7) is 7.79. The van der Waals surface area contributed by atoms with Gasteiger partial charge in [0.15, 0.2) is 6.61 Å². The highest BCUT2D eigenvalue weighted by atomic mass is 16.5. The van der Waals surface area contributed by atoms with Gasteiger partial charge in [0, 0.05) is 12.6 Å². The highest BCUT2D eigenvalue weighted by molar-refractivity contribution is 5.88. The Hall–Kier alpha value is -3.02. The summed E-state index contributed by atoms with van der Waals surface area (Å²) in [5.74, 6) is 0.969. The molecular formula is C24H32N2O4. The van der Waals surface area contributed by atoms with Crippen LogP contribution >= 0.6 is 0 Å². The minimum atomic E-state index is -0.630. The molecule has 2 atom stereocenters. The van der Waals surface area contributed by atoms with Crippen molar-refractivity contribution in [1.82, 2.24) is 10.2 Å². The van der Waals surface area contributed by atoms with Crippen molar-refractivity contribution in [3.63, 3.8) is 0 Å². The monoisotopic (exact) mass is 412 g/mol. The molecule has 0 aliphatic rings. The van der Waals surface area contributed by atoms with Gasteiger partial charge >= 0.3 is 0 Å².